The minimum Gasteiger partial charge on any atom is -0.506 e. The van der Waals surface area contributed by atoms with Crippen molar-refractivity contribution in [2.24, 2.45) is 10.2 Å². The highest BCUT2D eigenvalue weighted by Crippen LogP contribution is 2.32. The number of azo groups is 1. The summed E-state index contributed by atoms with van der Waals surface area (Å²) in [7, 11) is 0. The predicted molar refractivity (Wildman–Crippen MR) is 95.3 cm³/mol. The summed E-state index contributed by atoms with van der Waals surface area (Å²) in [4.78, 5) is 12.5. The van der Waals surface area contributed by atoms with Crippen LogP contribution in [0.2, 0.25) is 0 Å². The Morgan fingerprint density at radius 1 is 1.27 bits per heavy atom. The second-order valence-corrected chi connectivity index (χ2v) is 6.07. The Labute approximate surface area is 150 Å². The number of phenolic OH excluding ortho intramolecular Hbond substituents is 1. The van der Waals surface area contributed by atoms with Crippen molar-refractivity contribution in [2.75, 3.05) is 6.61 Å². The van der Waals surface area contributed by atoms with E-state index in [0.717, 1.165) is 10.1 Å². The molecular weight excluding hydrogens is 336 g/mol. The molecule has 1 heterocycles. The van der Waals surface area contributed by atoms with E-state index in [2.05, 4.69) is 10.2 Å². The topological polar surface area (TPSA) is 131 Å². The molecule has 0 fully saturated rings. The van der Waals surface area contributed by atoms with Crippen LogP contribution in [0.3, 0.4) is 0 Å². The van der Waals surface area contributed by atoms with Crippen molar-refractivity contribution < 1.29 is 15.3 Å². The van der Waals surface area contributed by atoms with Gasteiger partial charge in [-0.25, -0.2) is 0 Å². The summed E-state index contributed by atoms with van der Waals surface area (Å²) in [6.45, 7) is 4.88. The summed E-state index contributed by atoms with van der Waals surface area (Å²) >= 11 is 0. The molecule has 136 valence electrons. The maximum absolute atomic E-state index is 12.5. The van der Waals surface area contributed by atoms with Crippen LogP contribution in [-0.4, -0.2) is 26.5 Å². The number of hydrogen-bond donors (Lipinski definition) is 3. The fraction of sp³-hybridized carbons (Fsp3) is 0.333. The number of hydrogen-bond acceptors (Lipinski definition) is 7. The number of aliphatic hydroxyl groups excluding tert-OH is 1. The van der Waals surface area contributed by atoms with Crippen LogP contribution < -0.4 is 5.56 Å². The summed E-state index contributed by atoms with van der Waals surface area (Å²) in [6.07, 6.45) is 0. The Balaban J connectivity index is 2.62. The largest absolute Gasteiger partial charge is 0.506 e. The molecule has 8 heteroatoms. The third-order valence-corrected chi connectivity index (χ3v) is 4.02. The smallest absolute Gasteiger partial charge is 0.281 e. The maximum atomic E-state index is 12.5. The van der Waals surface area contributed by atoms with E-state index in [1.165, 1.54) is 13.0 Å². The van der Waals surface area contributed by atoms with Gasteiger partial charge < -0.3 is 15.3 Å². The lowest BCUT2D eigenvalue weighted by molar-refractivity contribution is 0.263. The SMILES string of the molecule is Cc1c(C#N)c(O)n(CCO)c(=O)c1N=Nc1cc(C(C)C)ccc1O. The highest BCUT2D eigenvalue weighted by Gasteiger charge is 2.19. The lowest BCUT2D eigenvalue weighted by Crippen LogP contribution is -2.23. The zero-order chi connectivity index (χ0) is 19.4. The van der Waals surface area contributed by atoms with Crippen LogP contribution in [0, 0.1) is 18.3 Å². The Bertz CT molecular complexity index is 955. The first-order valence-electron chi connectivity index (χ1n) is 8.03. The van der Waals surface area contributed by atoms with Crippen LogP contribution in [0.5, 0.6) is 11.6 Å². The summed E-state index contributed by atoms with van der Waals surface area (Å²) in [5.74, 6) is -0.398. The molecule has 0 saturated carbocycles. The Morgan fingerprint density at radius 3 is 2.54 bits per heavy atom. The Hall–Kier alpha value is -3.18. The van der Waals surface area contributed by atoms with E-state index >= 15 is 0 Å². The van der Waals surface area contributed by atoms with E-state index in [4.69, 9.17) is 5.11 Å². The second-order valence-electron chi connectivity index (χ2n) is 6.07. The van der Waals surface area contributed by atoms with Crippen molar-refractivity contribution in [3.63, 3.8) is 0 Å². The van der Waals surface area contributed by atoms with Gasteiger partial charge in [0.2, 0.25) is 5.88 Å². The number of nitrogens with zero attached hydrogens (tertiary/aromatic N) is 4. The first kappa shape index (κ1) is 19.1. The van der Waals surface area contributed by atoms with Gasteiger partial charge in [-0.15, -0.1) is 10.2 Å². The summed E-state index contributed by atoms with van der Waals surface area (Å²) in [5, 5.41) is 46.2. The molecule has 2 rings (SSSR count). The van der Waals surface area contributed by atoms with Gasteiger partial charge in [-0.2, -0.15) is 5.26 Å². The fourth-order valence-corrected chi connectivity index (χ4v) is 2.45. The molecule has 26 heavy (non-hydrogen) atoms. The van der Waals surface area contributed by atoms with Crippen molar-refractivity contribution >= 4 is 11.4 Å². The van der Waals surface area contributed by atoms with Gasteiger partial charge in [0.25, 0.3) is 5.56 Å². The molecule has 1 aromatic heterocycles. The second kappa shape index (κ2) is 7.80. The molecule has 2 aromatic rings. The van der Waals surface area contributed by atoms with E-state index in [1.54, 1.807) is 12.1 Å². The van der Waals surface area contributed by atoms with Gasteiger partial charge >= 0.3 is 0 Å². The molecule has 0 radical (unpaired) electrons. The average Bonchev–Trinajstić information content (AvgIpc) is 2.60. The van der Waals surface area contributed by atoms with Crippen LogP contribution in [0.25, 0.3) is 0 Å². The monoisotopic (exact) mass is 356 g/mol. The lowest BCUT2D eigenvalue weighted by Gasteiger charge is -2.11. The number of aromatic hydroxyl groups is 2. The quantitative estimate of drug-likeness (QED) is 0.709. The van der Waals surface area contributed by atoms with Crippen molar-refractivity contribution in [1.82, 2.24) is 4.57 Å². The molecule has 0 spiro atoms. The van der Waals surface area contributed by atoms with Gasteiger partial charge in [0.15, 0.2) is 5.69 Å². The maximum Gasteiger partial charge on any atom is 0.281 e. The normalized spacial score (nSPS) is 11.2. The van der Waals surface area contributed by atoms with Gasteiger partial charge in [-0.3, -0.25) is 9.36 Å². The van der Waals surface area contributed by atoms with Crippen LogP contribution >= 0.6 is 0 Å². The minimum atomic E-state index is -0.684. The molecular formula is C18H20N4O4. The van der Waals surface area contributed by atoms with Gasteiger partial charge in [0.1, 0.15) is 23.1 Å². The third kappa shape index (κ3) is 3.58. The molecule has 0 aliphatic rings. The van der Waals surface area contributed by atoms with Gasteiger partial charge in [-0.05, 0) is 30.5 Å². The van der Waals surface area contributed by atoms with E-state index in [-0.39, 0.29) is 40.7 Å². The molecule has 0 amide bonds. The molecule has 8 nitrogen and oxygen atoms in total. The average molecular weight is 356 g/mol. The van der Waals surface area contributed by atoms with Crippen LogP contribution in [-0.2, 0) is 6.54 Å². The lowest BCUT2D eigenvalue weighted by atomic mass is 10.0. The standard InChI is InChI=1S/C18H20N4O4/c1-10(2)12-4-5-15(24)14(8-12)20-21-16-11(3)13(9-19)17(25)22(6-7-23)18(16)26/h4-5,8,10,23-25H,6-7H2,1-3H3. The van der Waals surface area contributed by atoms with Gasteiger partial charge in [0.05, 0.1) is 13.2 Å². The van der Waals surface area contributed by atoms with Gasteiger partial charge in [-0.1, -0.05) is 19.9 Å². The molecule has 0 aliphatic heterocycles. The van der Waals surface area contributed by atoms with E-state index in [1.807, 2.05) is 19.9 Å². The number of aliphatic hydroxyl groups is 1. The summed E-state index contributed by atoms with van der Waals surface area (Å²) in [6, 6.07) is 6.75. The molecule has 0 bridgehead atoms. The van der Waals surface area contributed by atoms with Crippen molar-refractivity contribution in [2.45, 2.75) is 33.2 Å². The predicted octanol–water partition coefficient (Wildman–Crippen LogP) is 2.97. The van der Waals surface area contributed by atoms with E-state index in [0.29, 0.717) is 0 Å². The summed E-state index contributed by atoms with van der Waals surface area (Å²) < 4.78 is 0.865. The van der Waals surface area contributed by atoms with E-state index < -0.39 is 18.0 Å². The Morgan fingerprint density at radius 2 is 1.96 bits per heavy atom. The third-order valence-electron chi connectivity index (χ3n) is 4.02. The molecule has 0 aliphatic carbocycles. The number of rotatable bonds is 5. The number of phenols is 1. The van der Waals surface area contributed by atoms with Crippen LogP contribution in [0.4, 0.5) is 11.4 Å². The minimum absolute atomic E-state index is 0.0919. The van der Waals surface area contributed by atoms with Crippen LogP contribution in [0.1, 0.15) is 36.5 Å². The highest BCUT2D eigenvalue weighted by molar-refractivity contribution is 5.58. The fourth-order valence-electron chi connectivity index (χ4n) is 2.45. The molecule has 0 saturated heterocycles. The highest BCUT2D eigenvalue weighted by atomic mass is 16.3. The first-order chi connectivity index (χ1) is 12.3. The number of nitriles is 1. The Kier molecular flexibility index (Phi) is 5.75. The zero-order valence-corrected chi connectivity index (χ0v) is 14.8. The molecule has 0 unspecified atom stereocenters. The zero-order valence-electron chi connectivity index (χ0n) is 14.8. The van der Waals surface area contributed by atoms with Gasteiger partial charge in [0, 0.05) is 5.56 Å². The van der Waals surface area contributed by atoms with Crippen molar-refractivity contribution in [1.29, 1.82) is 5.26 Å². The van der Waals surface area contributed by atoms with E-state index in [9.17, 15) is 20.3 Å². The van der Waals surface area contributed by atoms with Crippen LogP contribution in [0.15, 0.2) is 33.2 Å². The number of benzene rings is 1. The number of aromatic nitrogens is 1. The molecule has 3 N–H and O–H groups in total. The molecule has 1 aromatic carbocycles. The first-order valence-corrected chi connectivity index (χ1v) is 8.03. The number of pyridine rings is 1. The van der Waals surface area contributed by atoms with Crippen molar-refractivity contribution in [3.8, 4) is 17.7 Å². The summed E-state index contributed by atoms with van der Waals surface area (Å²) in [5.41, 5.74) is 0.364. The molecule has 0 atom stereocenters. The van der Waals surface area contributed by atoms with Crippen molar-refractivity contribution in [3.05, 3.63) is 45.2 Å².